The molecule has 7 nitrogen and oxygen atoms in total. The van der Waals surface area contributed by atoms with Crippen LogP contribution in [0.4, 0.5) is 11.8 Å². The smallest absolute Gasteiger partial charge is 0.224 e. The number of aromatic nitrogens is 4. The lowest BCUT2D eigenvalue weighted by Crippen LogP contribution is -2.07. The van der Waals surface area contributed by atoms with Crippen molar-refractivity contribution in [1.29, 1.82) is 0 Å². The van der Waals surface area contributed by atoms with Gasteiger partial charge in [-0.25, -0.2) is 4.98 Å². The second-order valence-corrected chi connectivity index (χ2v) is 7.01. The Balaban J connectivity index is 2.10. The fourth-order valence-electron chi connectivity index (χ4n) is 2.77. The Morgan fingerprint density at radius 2 is 2.00 bits per heavy atom. The molecule has 0 saturated carbocycles. The van der Waals surface area contributed by atoms with Gasteiger partial charge in [0.25, 0.3) is 0 Å². The number of rotatable bonds is 4. The van der Waals surface area contributed by atoms with Crippen LogP contribution in [0, 0.1) is 3.57 Å². The van der Waals surface area contributed by atoms with Crippen molar-refractivity contribution in [2.75, 3.05) is 18.6 Å². The largest absolute Gasteiger partial charge is 0.496 e. The standard InChI is InChI=1S/C16H19IN6O/c1-8(2)10-5-12(24-3)11(17)4-9(10)6-23-7-20-15-13(23)14(18)21-16(19)22-15/h4-5,7-8H,6H2,1-3H3,(H4,18,19,21,22). The first-order valence-electron chi connectivity index (χ1n) is 7.50. The van der Waals surface area contributed by atoms with Crippen molar-refractivity contribution in [3.8, 4) is 5.75 Å². The van der Waals surface area contributed by atoms with Crippen molar-refractivity contribution >= 4 is 45.5 Å². The molecule has 0 aliphatic rings. The average Bonchev–Trinajstić information content (AvgIpc) is 2.90. The maximum absolute atomic E-state index is 6.02. The number of hydrogen-bond donors (Lipinski definition) is 2. The van der Waals surface area contributed by atoms with Crippen LogP contribution >= 0.6 is 22.6 Å². The van der Waals surface area contributed by atoms with Gasteiger partial charge in [-0.05, 0) is 51.8 Å². The van der Waals surface area contributed by atoms with Gasteiger partial charge in [0.1, 0.15) is 11.3 Å². The number of methoxy groups -OCH3 is 1. The molecule has 0 radical (unpaired) electrons. The zero-order chi connectivity index (χ0) is 17.4. The molecule has 0 saturated heterocycles. The summed E-state index contributed by atoms with van der Waals surface area (Å²) in [4.78, 5) is 12.5. The number of halogens is 1. The van der Waals surface area contributed by atoms with Crippen molar-refractivity contribution < 1.29 is 4.74 Å². The molecule has 0 unspecified atom stereocenters. The fraction of sp³-hybridized carbons (Fsp3) is 0.312. The number of anilines is 2. The lowest BCUT2D eigenvalue weighted by Gasteiger charge is -2.17. The Bertz CT molecular complexity index is 905. The van der Waals surface area contributed by atoms with E-state index in [0.29, 0.717) is 29.4 Å². The molecule has 0 atom stereocenters. The van der Waals surface area contributed by atoms with Gasteiger partial charge < -0.3 is 20.8 Å². The number of nitrogens with two attached hydrogens (primary N) is 2. The van der Waals surface area contributed by atoms with Crippen LogP contribution in [-0.4, -0.2) is 26.6 Å². The number of nitrogen functional groups attached to an aromatic ring is 2. The van der Waals surface area contributed by atoms with Gasteiger partial charge in [0.15, 0.2) is 11.5 Å². The summed E-state index contributed by atoms with van der Waals surface area (Å²) in [5.74, 6) is 1.72. The Labute approximate surface area is 153 Å². The van der Waals surface area contributed by atoms with Gasteiger partial charge in [0, 0.05) is 6.54 Å². The van der Waals surface area contributed by atoms with E-state index in [0.717, 1.165) is 9.32 Å². The fourth-order valence-corrected chi connectivity index (χ4v) is 3.52. The van der Waals surface area contributed by atoms with E-state index in [1.54, 1.807) is 13.4 Å². The van der Waals surface area contributed by atoms with Crippen LogP contribution in [0.25, 0.3) is 11.2 Å². The SMILES string of the molecule is COc1cc(C(C)C)c(Cn2cnc3nc(N)nc(N)c32)cc1I. The van der Waals surface area contributed by atoms with E-state index >= 15 is 0 Å². The number of nitrogens with zero attached hydrogens (tertiary/aromatic N) is 4. The summed E-state index contributed by atoms with van der Waals surface area (Å²) >= 11 is 2.28. The molecule has 0 amide bonds. The zero-order valence-electron chi connectivity index (χ0n) is 13.7. The molecule has 2 heterocycles. The molecule has 1 aromatic carbocycles. The lowest BCUT2D eigenvalue weighted by atomic mass is 9.96. The van der Waals surface area contributed by atoms with E-state index < -0.39 is 0 Å². The first-order valence-corrected chi connectivity index (χ1v) is 8.58. The summed E-state index contributed by atoms with van der Waals surface area (Å²) in [7, 11) is 1.69. The summed E-state index contributed by atoms with van der Waals surface area (Å²) in [6, 6.07) is 4.23. The predicted molar refractivity (Wildman–Crippen MR) is 103 cm³/mol. The van der Waals surface area contributed by atoms with E-state index in [1.807, 2.05) is 4.57 Å². The molecule has 126 valence electrons. The molecule has 3 rings (SSSR count). The van der Waals surface area contributed by atoms with Crippen LogP contribution in [0.1, 0.15) is 30.9 Å². The molecule has 0 aliphatic heterocycles. The summed E-state index contributed by atoms with van der Waals surface area (Å²) in [6.45, 7) is 4.95. The van der Waals surface area contributed by atoms with Crippen LogP contribution in [0.3, 0.4) is 0 Å². The topological polar surface area (TPSA) is 105 Å². The number of ether oxygens (including phenoxy) is 1. The Hall–Kier alpha value is -2.10. The van der Waals surface area contributed by atoms with Crippen LogP contribution in [-0.2, 0) is 6.54 Å². The minimum atomic E-state index is 0.132. The molecule has 0 spiro atoms. The molecule has 0 fully saturated rings. The van der Waals surface area contributed by atoms with Crippen molar-refractivity contribution in [2.24, 2.45) is 0 Å². The highest BCUT2D eigenvalue weighted by Gasteiger charge is 2.15. The van der Waals surface area contributed by atoms with E-state index in [4.69, 9.17) is 16.2 Å². The molecular formula is C16H19IN6O. The monoisotopic (exact) mass is 438 g/mol. The molecule has 8 heteroatoms. The van der Waals surface area contributed by atoms with Crippen LogP contribution in [0.2, 0.25) is 0 Å². The van der Waals surface area contributed by atoms with Gasteiger partial charge in [-0.1, -0.05) is 13.8 Å². The third kappa shape index (κ3) is 2.97. The van der Waals surface area contributed by atoms with Gasteiger partial charge in [-0.15, -0.1) is 0 Å². The summed E-state index contributed by atoms with van der Waals surface area (Å²) in [5, 5.41) is 0. The molecule has 0 bridgehead atoms. The van der Waals surface area contributed by atoms with E-state index in [2.05, 4.69) is 63.5 Å². The van der Waals surface area contributed by atoms with E-state index in [1.165, 1.54) is 11.1 Å². The highest BCUT2D eigenvalue weighted by Crippen LogP contribution is 2.31. The number of fused-ring (bicyclic) bond motifs is 1. The van der Waals surface area contributed by atoms with Crippen molar-refractivity contribution in [1.82, 2.24) is 19.5 Å². The van der Waals surface area contributed by atoms with Crippen molar-refractivity contribution in [2.45, 2.75) is 26.3 Å². The normalized spacial score (nSPS) is 11.4. The van der Waals surface area contributed by atoms with Crippen LogP contribution in [0.15, 0.2) is 18.5 Å². The van der Waals surface area contributed by atoms with Crippen molar-refractivity contribution in [3.05, 3.63) is 33.2 Å². The second kappa shape index (κ2) is 6.42. The third-order valence-corrected chi connectivity index (χ3v) is 4.74. The molecular weight excluding hydrogens is 419 g/mol. The van der Waals surface area contributed by atoms with Crippen molar-refractivity contribution in [3.63, 3.8) is 0 Å². The third-order valence-electron chi connectivity index (χ3n) is 3.89. The molecule has 2 aromatic heterocycles. The highest BCUT2D eigenvalue weighted by atomic mass is 127. The Morgan fingerprint density at radius 3 is 2.67 bits per heavy atom. The molecule has 0 aliphatic carbocycles. The number of imidazole rings is 1. The van der Waals surface area contributed by atoms with Gasteiger partial charge in [-0.3, -0.25) is 0 Å². The minimum Gasteiger partial charge on any atom is -0.496 e. The molecule has 24 heavy (non-hydrogen) atoms. The number of benzene rings is 1. The average molecular weight is 438 g/mol. The number of hydrogen-bond acceptors (Lipinski definition) is 6. The maximum atomic E-state index is 6.02. The predicted octanol–water partition coefficient (Wildman–Crippen LogP) is 2.78. The first kappa shape index (κ1) is 16.7. The Kier molecular flexibility index (Phi) is 4.48. The van der Waals surface area contributed by atoms with Crippen LogP contribution < -0.4 is 16.2 Å². The van der Waals surface area contributed by atoms with E-state index in [-0.39, 0.29) is 5.95 Å². The van der Waals surface area contributed by atoms with Gasteiger partial charge >= 0.3 is 0 Å². The highest BCUT2D eigenvalue weighted by molar-refractivity contribution is 14.1. The van der Waals surface area contributed by atoms with Gasteiger partial charge in [-0.2, -0.15) is 9.97 Å². The maximum Gasteiger partial charge on any atom is 0.224 e. The Morgan fingerprint density at radius 1 is 1.25 bits per heavy atom. The minimum absolute atomic E-state index is 0.132. The molecule has 4 N–H and O–H groups in total. The molecule has 3 aromatic rings. The van der Waals surface area contributed by atoms with Crippen LogP contribution in [0.5, 0.6) is 5.75 Å². The quantitative estimate of drug-likeness (QED) is 0.607. The lowest BCUT2D eigenvalue weighted by molar-refractivity contribution is 0.410. The zero-order valence-corrected chi connectivity index (χ0v) is 15.9. The van der Waals surface area contributed by atoms with Gasteiger partial charge in [0.05, 0.1) is 17.0 Å². The first-order chi connectivity index (χ1) is 11.4. The van der Waals surface area contributed by atoms with E-state index in [9.17, 15) is 0 Å². The summed E-state index contributed by atoms with van der Waals surface area (Å²) < 4.78 is 8.46. The van der Waals surface area contributed by atoms with Gasteiger partial charge in [0.2, 0.25) is 5.95 Å². The summed E-state index contributed by atoms with van der Waals surface area (Å²) in [6.07, 6.45) is 1.72. The summed E-state index contributed by atoms with van der Waals surface area (Å²) in [5.41, 5.74) is 15.3. The second-order valence-electron chi connectivity index (χ2n) is 5.85.